The van der Waals surface area contributed by atoms with Gasteiger partial charge in [0.05, 0.1) is 0 Å². The molecule has 0 spiro atoms. The summed E-state index contributed by atoms with van der Waals surface area (Å²) in [6, 6.07) is 0. The van der Waals surface area contributed by atoms with Crippen molar-refractivity contribution in [2.45, 2.75) is 19.8 Å². The highest BCUT2D eigenvalue weighted by atomic mass is 16.3. The Hall–Kier alpha value is -0.500. The first-order chi connectivity index (χ1) is 5.24. The van der Waals surface area contributed by atoms with Gasteiger partial charge < -0.3 is 10.0 Å². The van der Waals surface area contributed by atoms with E-state index in [2.05, 4.69) is 11.5 Å². The summed E-state index contributed by atoms with van der Waals surface area (Å²) in [6.45, 7) is 8.35. The van der Waals surface area contributed by atoms with Crippen LogP contribution in [0.3, 0.4) is 0 Å². The molecule has 0 aliphatic carbocycles. The molecule has 0 radical (unpaired) electrons. The van der Waals surface area contributed by atoms with E-state index in [4.69, 9.17) is 5.11 Å². The Labute approximate surface area is 68.5 Å². The van der Waals surface area contributed by atoms with Gasteiger partial charge in [0.25, 0.3) is 0 Å². The molecule has 64 valence electrons. The Morgan fingerprint density at radius 3 is 3.00 bits per heavy atom. The van der Waals surface area contributed by atoms with Crippen LogP contribution >= 0.6 is 0 Å². The van der Waals surface area contributed by atoms with Gasteiger partial charge in [0.1, 0.15) is 0 Å². The van der Waals surface area contributed by atoms with Crippen molar-refractivity contribution >= 4 is 0 Å². The predicted molar refractivity (Wildman–Crippen MR) is 46.2 cm³/mol. The van der Waals surface area contributed by atoms with Crippen molar-refractivity contribution in [1.29, 1.82) is 0 Å². The van der Waals surface area contributed by atoms with Gasteiger partial charge in [0, 0.05) is 25.4 Å². The number of aliphatic hydroxyl groups is 1. The molecule has 11 heavy (non-hydrogen) atoms. The number of rotatable bonds is 2. The molecule has 2 nitrogen and oxygen atoms in total. The third-order valence-corrected chi connectivity index (χ3v) is 2.32. The summed E-state index contributed by atoms with van der Waals surface area (Å²) >= 11 is 0. The number of hydrogen-bond donors (Lipinski definition) is 1. The molecule has 0 aromatic heterocycles. The first-order valence-corrected chi connectivity index (χ1v) is 4.25. The van der Waals surface area contributed by atoms with Crippen molar-refractivity contribution in [1.82, 2.24) is 4.90 Å². The van der Waals surface area contributed by atoms with Gasteiger partial charge in [-0.3, -0.25) is 0 Å². The molecular formula is C9H17NO. The van der Waals surface area contributed by atoms with Crippen LogP contribution in [0.2, 0.25) is 0 Å². The summed E-state index contributed by atoms with van der Waals surface area (Å²) < 4.78 is 0. The van der Waals surface area contributed by atoms with E-state index in [0.717, 1.165) is 18.8 Å². The Morgan fingerprint density at radius 2 is 2.45 bits per heavy atom. The highest BCUT2D eigenvalue weighted by Gasteiger charge is 2.17. The van der Waals surface area contributed by atoms with E-state index in [1.54, 1.807) is 0 Å². The van der Waals surface area contributed by atoms with Crippen LogP contribution in [-0.2, 0) is 0 Å². The molecule has 1 unspecified atom stereocenters. The van der Waals surface area contributed by atoms with Gasteiger partial charge in [-0.15, -0.1) is 0 Å². The predicted octanol–water partition coefficient (Wildman–Crippen LogP) is 1.22. The Balaban J connectivity index is 2.39. The molecule has 1 heterocycles. The number of nitrogens with zero attached hydrogens (tertiary/aromatic N) is 1. The molecule has 1 N–H and O–H groups in total. The molecular weight excluding hydrogens is 138 g/mol. The fraction of sp³-hybridized carbons (Fsp3) is 0.778. The second kappa shape index (κ2) is 3.77. The quantitative estimate of drug-likeness (QED) is 0.648. The smallest absolute Gasteiger partial charge is 0.0476 e. The number of likely N-dealkylation sites (tertiary alicyclic amines) is 1. The van der Waals surface area contributed by atoms with Crippen LogP contribution in [0.25, 0.3) is 0 Å². The van der Waals surface area contributed by atoms with Gasteiger partial charge in [0.2, 0.25) is 0 Å². The van der Waals surface area contributed by atoms with Crippen LogP contribution in [0.4, 0.5) is 0 Å². The molecule has 1 rings (SSSR count). The van der Waals surface area contributed by atoms with Crippen molar-refractivity contribution in [2.24, 2.45) is 5.92 Å². The van der Waals surface area contributed by atoms with Crippen molar-refractivity contribution < 1.29 is 5.11 Å². The van der Waals surface area contributed by atoms with Gasteiger partial charge in [-0.25, -0.2) is 0 Å². The van der Waals surface area contributed by atoms with E-state index < -0.39 is 0 Å². The maximum atomic E-state index is 8.93. The summed E-state index contributed by atoms with van der Waals surface area (Å²) in [4.78, 5) is 2.25. The molecule has 2 heteroatoms. The largest absolute Gasteiger partial charge is 0.396 e. The van der Waals surface area contributed by atoms with E-state index in [9.17, 15) is 0 Å². The minimum atomic E-state index is 0.323. The maximum absolute atomic E-state index is 8.93. The lowest BCUT2D eigenvalue weighted by Gasteiger charge is -2.33. The summed E-state index contributed by atoms with van der Waals surface area (Å²) in [6.07, 6.45) is 2.36. The zero-order chi connectivity index (χ0) is 8.27. The van der Waals surface area contributed by atoms with Crippen LogP contribution in [0.1, 0.15) is 19.8 Å². The minimum absolute atomic E-state index is 0.323. The molecule has 1 aliphatic rings. The van der Waals surface area contributed by atoms with Crippen molar-refractivity contribution in [3.63, 3.8) is 0 Å². The molecule has 0 aromatic carbocycles. The van der Waals surface area contributed by atoms with E-state index in [1.807, 2.05) is 6.92 Å². The zero-order valence-corrected chi connectivity index (χ0v) is 7.21. The Morgan fingerprint density at radius 1 is 1.73 bits per heavy atom. The van der Waals surface area contributed by atoms with Gasteiger partial charge in [-0.2, -0.15) is 0 Å². The lowest BCUT2D eigenvalue weighted by atomic mass is 9.99. The summed E-state index contributed by atoms with van der Waals surface area (Å²) in [7, 11) is 0. The third-order valence-electron chi connectivity index (χ3n) is 2.32. The van der Waals surface area contributed by atoms with Crippen LogP contribution in [-0.4, -0.2) is 29.7 Å². The summed E-state index contributed by atoms with van der Waals surface area (Å²) in [5.74, 6) is 0.473. The lowest BCUT2D eigenvalue weighted by Crippen LogP contribution is -2.35. The normalized spacial score (nSPS) is 25.3. The fourth-order valence-electron chi connectivity index (χ4n) is 1.56. The zero-order valence-electron chi connectivity index (χ0n) is 7.21. The molecule has 1 aliphatic heterocycles. The van der Waals surface area contributed by atoms with E-state index >= 15 is 0 Å². The van der Waals surface area contributed by atoms with Crippen LogP contribution in [0, 0.1) is 5.92 Å². The van der Waals surface area contributed by atoms with Crippen LogP contribution < -0.4 is 0 Å². The fourth-order valence-corrected chi connectivity index (χ4v) is 1.56. The first kappa shape index (κ1) is 8.60. The number of aliphatic hydroxyl groups excluding tert-OH is 1. The van der Waals surface area contributed by atoms with Gasteiger partial charge in [-0.1, -0.05) is 6.58 Å². The third kappa shape index (κ3) is 2.22. The molecule has 1 fully saturated rings. The topological polar surface area (TPSA) is 23.5 Å². The van der Waals surface area contributed by atoms with Gasteiger partial charge in [-0.05, 0) is 25.7 Å². The summed E-state index contributed by atoms with van der Waals surface area (Å²) in [5, 5.41) is 8.93. The van der Waals surface area contributed by atoms with Crippen molar-refractivity contribution in [3.05, 3.63) is 12.3 Å². The molecule has 0 bridgehead atoms. The second-order valence-electron chi connectivity index (χ2n) is 3.37. The first-order valence-electron chi connectivity index (χ1n) is 4.25. The molecule has 1 saturated heterocycles. The van der Waals surface area contributed by atoms with Crippen LogP contribution in [0.5, 0.6) is 0 Å². The second-order valence-corrected chi connectivity index (χ2v) is 3.37. The van der Waals surface area contributed by atoms with Crippen molar-refractivity contribution in [3.8, 4) is 0 Å². The highest BCUT2D eigenvalue weighted by molar-refractivity contribution is 4.91. The Kier molecular flexibility index (Phi) is 2.94. The molecule has 0 aromatic rings. The average Bonchev–Trinajstić information content (AvgIpc) is 2.05. The monoisotopic (exact) mass is 155 g/mol. The number of piperidine rings is 1. The molecule has 0 amide bonds. The SMILES string of the molecule is C=C(C)N1CCCC(CO)C1. The van der Waals surface area contributed by atoms with E-state index in [-0.39, 0.29) is 0 Å². The number of allylic oxidation sites excluding steroid dienone is 1. The van der Waals surface area contributed by atoms with Crippen LogP contribution in [0.15, 0.2) is 12.3 Å². The maximum Gasteiger partial charge on any atom is 0.0476 e. The molecule has 1 atom stereocenters. The van der Waals surface area contributed by atoms with Gasteiger partial charge >= 0.3 is 0 Å². The van der Waals surface area contributed by atoms with E-state index in [1.165, 1.54) is 12.8 Å². The van der Waals surface area contributed by atoms with Crippen molar-refractivity contribution in [2.75, 3.05) is 19.7 Å². The Bertz CT molecular complexity index is 144. The standard InChI is InChI=1S/C9H17NO/c1-8(2)10-5-3-4-9(6-10)7-11/h9,11H,1,3-7H2,2H3. The number of hydrogen-bond acceptors (Lipinski definition) is 2. The molecule has 0 saturated carbocycles. The average molecular weight is 155 g/mol. The summed E-state index contributed by atoms with van der Waals surface area (Å²) in [5.41, 5.74) is 1.13. The minimum Gasteiger partial charge on any atom is -0.396 e. The lowest BCUT2D eigenvalue weighted by molar-refractivity contribution is 0.143. The van der Waals surface area contributed by atoms with Gasteiger partial charge in [0.15, 0.2) is 0 Å². The highest BCUT2D eigenvalue weighted by Crippen LogP contribution is 2.18. The van der Waals surface area contributed by atoms with E-state index in [0.29, 0.717) is 12.5 Å².